The van der Waals surface area contributed by atoms with Crippen molar-refractivity contribution in [1.29, 1.82) is 0 Å². The van der Waals surface area contributed by atoms with Gasteiger partial charge in [0, 0.05) is 23.7 Å². The normalized spacial score (nSPS) is 10.7. The number of amides is 1. The summed E-state index contributed by atoms with van der Waals surface area (Å²) >= 11 is 12.3. The molecule has 0 aliphatic carbocycles. The molecule has 0 saturated heterocycles. The third-order valence-corrected chi connectivity index (χ3v) is 4.15. The number of rotatable bonds is 4. The van der Waals surface area contributed by atoms with Gasteiger partial charge in [0.2, 0.25) is 0 Å². The summed E-state index contributed by atoms with van der Waals surface area (Å²) in [4.78, 5) is 15.9. The highest BCUT2D eigenvalue weighted by atomic mass is 35.5. The highest BCUT2D eigenvalue weighted by Crippen LogP contribution is 2.39. The minimum absolute atomic E-state index is 0.194. The molecule has 2 aromatic carbocycles. The molecule has 3 aromatic rings. The summed E-state index contributed by atoms with van der Waals surface area (Å²) in [5.41, 5.74) is 12.3. The third kappa shape index (κ3) is 3.26. The molecule has 0 fully saturated rings. The maximum atomic E-state index is 11.7. The lowest BCUT2D eigenvalue weighted by atomic mass is 10.1. The van der Waals surface area contributed by atoms with Crippen LogP contribution in [0.4, 0.5) is 5.69 Å². The summed E-state index contributed by atoms with van der Waals surface area (Å²) in [7, 11) is 1.44. The highest BCUT2D eigenvalue weighted by molar-refractivity contribution is 6.33. The molecule has 25 heavy (non-hydrogen) atoms. The molecule has 1 aromatic heterocycles. The van der Waals surface area contributed by atoms with Crippen LogP contribution in [0, 0.1) is 0 Å². The minimum Gasteiger partial charge on any atom is -0.496 e. The molecule has 0 bridgehead atoms. The average Bonchev–Trinajstić information content (AvgIpc) is 2.59. The van der Waals surface area contributed by atoms with Crippen molar-refractivity contribution in [3.8, 4) is 17.2 Å². The van der Waals surface area contributed by atoms with Gasteiger partial charge in [-0.1, -0.05) is 23.2 Å². The van der Waals surface area contributed by atoms with E-state index in [-0.39, 0.29) is 10.6 Å². The van der Waals surface area contributed by atoms with E-state index in [1.165, 1.54) is 19.4 Å². The lowest BCUT2D eigenvalue weighted by molar-refractivity contribution is 0.0997. The molecule has 0 atom stereocenters. The van der Waals surface area contributed by atoms with Gasteiger partial charge in [0.15, 0.2) is 5.75 Å². The maximum absolute atomic E-state index is 11.7. The van der Waals surface area contributed by atoms with Crippen LogP contribution in [0.15, 0.2) is 36.5 Å². The van der Waals surface area contributed by atoms with Gasteiger partial charge in [-0.25, -0.2) is 0 Å². The number of fused-ring (bicyclic) bond motifs is 1. The van der Waals surface area contributed by atoms with Crippen molar-refractivity contribution >= 4 is 45.7 Å². The Kier molecular flexibility index (Phi) is 4.57. The summed E-state index contributed by atoms with van der Waals surface area (Å²) in [6.45, 7) is 0. The first-order chi connectivity index (χ1) is 11.9. The fourth-order valence-electron chi connectivity index (χ4n) is 2.33. The molecule has 8 heteroatoms. The topological polar surface area (TPSA) is 100 Å². The zero-order valence-electron chi connectivity index (χ0n) is 13.0. The van der Waals surface area contributed by atoms with Gasteiger partial charge >= 0.3 is 0 Å². The van der Waals surface area contributed by atoms with Gasteiger partial charge in [0.05, 0.1) is 28.9 Å². The van der Waals surface area contributed by atoms with E-state index >= 15 is 0 Å². The number of hydrogen-bond acceptors (Lipinski definition) is 5. The Bertz CT molecular complexity index is 993. The van der Waals surface area contributed by atoms with E-state index in [4.69, 9.17) is 44.1 Å². The minimum atomic E-state index is -0.639. The van der Waals surface area contributed by atoms with Crippen molar-refractivity contribution in [2.24, 2.45) is 5.73 Å². The number of carbonyl (C=O) groups excluding carboxylic acids is 1. The third-order valence-electron chi connectivity index (χ3n) is 3.55. The zero-order valence-corrected chi connectivity index (χ0v) is 14.6. The van der Waals surface area contributed by atoms with Crippen LogP contribution in [0.25, 0.3) is 10.9 Å². The highest BCUT2D eigenvalue weighted by Gasteiger charge is 2.17. The number of hydrogen-bond donors (Lipinski definition) is 2. The van der Waals surface area contributed by atoms with Gasteiger partial charge in [0.1, 0.15) is 16.5 Å². The van der Waals surface area contributed by atoms with Gasteiger partial charge in [-0.15, -0.1) is 0 Å². The van der Waals surface area contributed by atoms with Gasteiger partial charge in [0.25, 0.3) is 5.91 Å². The van der Waals surface area contributed by atoms with E-state index in [1.807, 2.05) is 0 Å². The Labute approximate surface area is 153 Å². The number of nitrogen functional groups attached to an aromatic ring is 1. The van der Waals surface area contributed by atoms with Crippen molar-refractivity contribution in [3.05, 3.63) is 52.1 Å². The number of nitrogens with two attached hydrogens (primary N) is 2. The van der Waals surface area contributed by atoms with E-state index in [2.05, 4.69) is 4.98 Å². The fraction of sp³-hybridized carbons (Fsp3) is 0.0588. The van der Waals surface area contributed by atoms with Crippen molar-refractivity contribution in [1.82, 2.24) is 4.98 Å². The number of ether oxygens (including phenoxy) is 2. The van der Waals surface area contributed by atoms with E-state index in [0.29, 0.717) is 38.9 Å². The molecule has 0 spiro atoms. The summed E-state index contributed by atoms with van der Waals surface area (Å²) in [5, 5.41) is 1.13. The molecule has 0 radical (unpaired) electrons. The van der Waals surface area contributed by atoms with Gasteiger partial charge < -0.3 is 20.9 Å². The number of benzene rings is 2. The number of aromatic nitrogens is 1. The fourth-order valence-corrected chi connectivity index (χ4v) is 2.69. The predicted molar refractivity (Wildman–Crippen MR) is 97.8 cm³/mol. The lowest BCUT2D eigenvalue weighted by Gasteiger charge is -2.13. The van der Waals surface area contributed by atoms with E-state index in [1.54, 1.807) is 24.3 Å². The van der Waals surface area contributed by atoms with Crippen LogP contribution in [0.1, 0.15) is 10.4 Å². The van der Waals surface area contributed by atoms with Gasteiger partial charge in [-0.05, 0) is 18.2 Å². The van der Waals surface area contributed by atoms with Crippen molar-refractivity contribution < 1.29 is 14.3 Å². The van der Waals surface area contributed by atoms with Crippen LogP contribution in [0.3, 0.4) is 0 Å². The van der Waals surface area contributed by atoms with E-state index < -0.39 is 5.91 Å². The number of halogens is 2. The Balaban J connectivity index is 2.19. The zero-order chi connectivity index (χ0) is 18.1. The summed E-state index contributed by atoms with van der Waals surface area (Å²) < 4.78 is 11.0. The molecule has 0 unspecified atom stereocenters. The standard InChI is InChI=1S/C17H13Cl2N3O3/c1-24-15-6-14-9(5-10(15)17(21)23)16(12(19)7-22-14)25-8-2-3-13(20)11(18)4-8/h2-7H,20H2,1H3,(H2,21,23). The second-order valence-corrected chi connectivity index (χ2v) is 5.97. The number of pyridine rings is 1. The lowest BCUT2D eigenvalue weighted by Crippen LogP contribution is -2.12. The molecule has 128 valence electrons. The van der Waals surface area contributed by atoms with Crippen LogP contribution >= 0.6 is 23.2 Å². The number of anilines is 1. The number of primary amides is 1. The van der Waals surface area contributed by atoms with Crippen molar-refractivity contribution in [2.75, 3.05) is 12.8 Å². The van der Waals surface area contributed by atoms with Crippen LogP contribution < -0.4 is 20.9 Å². The second-order valence-electron chi connectivity index (χ2n) is 5.15. The molecule has 0 aliphatic heterocycles. The van der Waals surface area contributed by atoms with Crippen molar-refractivity contribution in [3.63, 3.8) is 0 Å². The average molecular weight is 378 g/mol. The van der Waals surface area contributed by atoms with Crippen LogP contribution in [0.2, 0.25) is 10.0 Å². The van der Waals surface area contributed by atoms with Gasteiger partial charge in [-0.3, -0.25) is 9.78 Å². The van der Waals surface area contributed by atoms with Crippen molar-refractivity contribution in [2.45, 2.75) is 0 Å². The number of methoxy groups -OCH3 is 1. The Morgan fingerprint density at radius 2 is 1.92 bits per heavy atom. The molecule has 0 saturated carbocycles. The van der Waals surface area contributed by atoms with Crippen LogP contribution in [-0.2, 0) is 0 Å². The Hall–Kier alpha value is -2.70. The van der Waals surface area contributed by atoms with Crippen LogP contribution in [0.5, 0.6) is 17.2 Å². The number of carbonyl (C=O) groups is 1. The molecular formula is C17H13Cl2N3O3. The monoisotopic (exact) mass is 377 g/mol. The SMILES string of the molecule is COc1cc2ncc(Cl)c(Oc3ccc(N)c(Cl)c3)c2cc1C(N)=O. The first-order valence-corrected chi connectivity index (χ1v) is 7.85. The molecule has 3 rings (SSSR count). The second kappa shape index (κ2) is 6.66. The summed E-state index contributed by atoms with van der Waals surface area (Å²) in [5.74, 6) is 0.430. The molecule has 1 amide bonds. The van der Waals surface area contributed by atoms with Gasteiger partial charge in [-0.2, -0.15) is 0 Å². The maximum Gasteiger partial charge on any atom is 0.252 e. The number of nitrogens with zero attached hydrogens (tertiary/aromatic N) is 1. The predicted octanol–water partition coefficient (Wildman–Crippen LogP) is 4.02. The molecule has 0 aliphatic rings. The van der Waals surface area contributed by atoms with E-state index in [0.717, 1.165) is 0 Å². The molecular weight excluding hydrogens is 365 g/mol. The first kappa shape index (κ1) is 17.1. The van der Waals surface area contributed by atoms with E-state index in [9.17, 15) is 4.79 Å². The quantitative estimate of drug-likeness (QED) is 0.668. The Morgan fingerprint density at radius 3 is 2.56 bits per heavy atom. The summed E-state index contributed by atoms with van der Waals surface area (Å²) in [6, 6.07) is 7.96. The Morgan fingerprint density at radius 1 is 1.16 bits per heavy atom. The summed E-state index contributed by atoms with van der Waals surface area (Å²) in [6.07, 6.45) is 1.45. The molecule has 4 N–H and O–H groups in total. The first-order valence-electron chi connectivity index (χ1n) is 7.09. The van der Waals surface area contributed by atoms with Crippen LogP contribution in [-0.4, -0.2) is 18.0 Å². The molecule has 1 heterocycles. The molecule has 6 nitrogen and oxygen atoms in total. The largest absolute Gasteiger partial charge is 0.496 e. The smallest absolute Gasteiger partial charge is 0.252 e.